The summed E-state index contributed by atoms with van der Waals surface area (Å²) in [7, 11) is 0. The molecule has 0 aliphatic heterocycles. The van der Waals surface area contributed by atoms with Crippen molar-refractivity contribution in [3.05, 3.63) is 71.8 Å². The van der Waals surface area contributed by atoms with Gasteiger partial charge in [-0.2, -0.15) is 0 Å². The smallest absolute Gasteiger partial charge is 0.0555 e. The fourth-order valence-electron chi connectivity index (χ4n) is 2.49. The van der Waals surface area contributed by atoms with Gasteiger partial charge in [0.25, 0.3) is 0 Å². The van der Waals surface area contributed by atoms with Crippen LogP contribution in [0.25, 0.3) is 0 Å². The van der Waals surface area contributed by atoms with Gasteiger partial charge in [-0.05, 0) is 36.4 Å². The zero-order valence-corrected chi connectivity index (χ0v) is 11.8. The van der Waals surface area contributed by atoms with Gasteiger partial charge >= 0.3 is 0 Å². The van der Waals surface area contributed by atoms with Crippen LogP contribution in [0.5, 0.6) is 0 Å². The van der Waals surface area contributed by atoms with E-state index in [1.165, 1.54) is 11.1 Å². The summed E-state index contributed by atoms with van der Waals surface area (Å²) in [6.45, 7) is 1.81. The fraction of sp³-hybridized carbons (Fsp3) is 0.333. The summed E-state index contributed by atoms with van der Waals surface area (Å²) in [5.74, 6) is 0.518. The molecule has 106 valence electrons. The highest BCUT2D eigenvalue weighted by molar-refractivity contribution is 5.24. The van der Waals surface area contributed by atoms with Crippen molar-refractivity contribution in [3.8, 4) is 0 Å². The molecule has 0 unspecified atom stereocenters. The minimum Gasteiger partial charge on any atom is -0.395 e. The fourth-order valence-corrected chi connectivity index (χ4v) is 2.49. The summed E-state index contributed by atoms with van der Waals surface area (Å²) in [6.07, 6.45) is 2.14. The molecular formula is C18H23NO. The molecule has 1 atom stereocenters. The second-order valence-electron chi connectivity index (χ2n) is 5.06. The summed E-state index contributed by atoms with van der Waals surface area (Å²) in [5, 5.41) is 12.1. The largest absolute Gasteiger partial charge is 0.395 e. The first-order chi connectivity index (χ1) is 9.90. The summed E-state index contributed by atoms with van der Waals surface area (Å²) < 4.78 is 0. The zero-order chi connectivity index (χ0) is 14.0. The van der Waals surface area contributed by atoms with E-state index in [0.717, 1.165) is 19.4 Å². The van der Waals surface area contributed by atoms with E-state index in [2.05, 4.69) is 66.0 Å². The molecule has 0 bridgehead atoms. The maximum atomic E-state index is 8.82. The van der Waals surface area contributed by atoms with Crippen LogP contribution in [0.15, 0.2) is 60.7 Å². The molecule has 2 aromatic rings. The van der Waals surface area contributed by atoms with E-state index >= 15 is 0 Å². The predicted molar refractivity (Wildman–Crippen MR) is 83.9 cm³/mol. The molecule has 2 N–H and O–H groups in total. The Balaban J connectivity index is 2.00. The third kappa shape index (κ3) is 4.80. The number of aliphatic hydroxyl groups excluding tert-OH is 1. The van der Waals surface area contributed by atoms with E-state index in [9.17, 15) is 0 Å². The van der Waals surface area contributed by atoms with Crippen molar-refractivity contribution in [1.82, 2.24) is 5.32 Å². The van der Waals surface area contributed by atoms with Gasteiger partial charge in [0.1, 0.15) is 0 Å². The SMILES string of the molecule is OCCNCC[C@@H](Cc1ccccc1)c1ccccc1. The van der Waals surface area contributed by atoms with Crippen molar-refractivity contribution < 1.29 is 5.11 Å². The molecule has 0 aromatic heterocycles. The molecule has 0 saturated heterocycles. The van der Waals surface area contributed by atoms with Gasteiger partial charge in [0.15, 0.2) is 0 Å². The molecule has 2 aromatic carbocycles. The summed E-state index contributed by atoms with van der Waals surface area (Å²) in [5.41, 5.74) is 2.77. The van der Waals surface area contributed by atoms with Crippen LogP contribution in [0.4, 0.5) is 0 Å². The van der Waals surface area contributed by atoms with E-state index < -0.39 is 0 Å². The predicted octanol–water partition coefficient (Wildman–Crippen LogP) is 2.98. The molecular weight excluding hydrogens is 246 g/mol. The third-order valence-corrected chi connectivity index (χ3v) is 3.55. The molecule has 0 saturated carbocycles. The molecule has 0 aliphatic carbocycles. The van der Waals surface area contributed by atoms with Crippen LogP contribution >= 0.6 is 0 Å². The first kappa shape index (κ1) is 14.8. The minimum atomic E-state index is 0.203. The number of aliphatic hydroxyl groups is 1. The molecule has 0 amide bonds. The average molecular weight is 269 g/mol. The van der Waals surface area contributed by atoms with Gasteiger partial charge in [-0.25, -0.2) is 0 Å². The van der Waals surface area contributed by atoms with E-state index in [0.29, 0.717) is 12.5 Å². The number of hydrogen-bond donors (Lipinski definition) is 2. The van der Waals surface area contributed by atoms with Crippen molar-refractivity contribution in [2.45, 2.75) is 18.8 Å². The number of rotatable bonds is 8. The molecule has 0 heterocycles. The topological polar surface area (TPSA) is 32.3 Å². The first-order valence-electron chi connectivity index (χ1n) is 7.30. The number of nitrogens with one attached hydrogen (secondary N) is 1. The Morgan fingerprint density at radius 2 is 1.50 bits per heavy atom. The van der Waals surface area contributed by atoms with Gasteiger partial charge in [-0.3, -0.25) is 0 Å². The van der Waals surface area contributed by atoms with Crippen molar-refractivity contribution in [1.29, 1.82) is 0 Å². The van der Waals surface area contributed by atoms with Crippen LogP contribution in [0, 0.1) is 0 Å². The Morgan fingerprint density at radius 1 is 0.850 bits per heavy atom. The van der Waals surface area contributed by atoms with Crippen molar-refractivity contribution >= 4 is 0 Å². The first-order valence-corrected chi connectivity index (χ1v) is 7.30. The number of hydrogen-bond acceptors (Lipinski definition) is 2. The van der Waals surface area contributed by atoms with Crippen LogP contribution < -0.4 is 5.32 Å². The van der Waals surface area contributed by atoms with Gasteiger partial charge in [0, 0.05) is 6.54 Å². The lowest BCUT2D eigenvalue weighted by atomic mass is 9.89. The highest BCUT2D eigenvalue weighted by atomic mass is 16.3. The summed E-state index contributed by atoms with van der Waals surface area (Å²) in [6, 6.07) is 21.3. The second-order valence-corrected chi connectivity index (χ2v) is 5.06. The van der Waals surface area contributed by atoms with Gasteiger partial charge in [-0.1, -0.05) is 60.7 Å². The summed E-state index contributed by atoms with van der Waals surface area (Å²) in [4.78, 5) is 0. The van der Waals surface area contributed by atoms with Crippen LogP contribution in [-0.4, -0.2) is 24.8 Å². The van der Waals surface area contributed by atoms with Crippen LogP contribution in [-0.2, 0) is 6.42 Å². The van der Waals surface area contributed by atoms with E-state index in [1.54, 1.807) is 0 Å². The Labute approximate surface area is 121 Å². The van der Waals surface area contributed by atoms with Gasteiger partial charge in [0.2, 0.25) is 0 Å². The maximum Gasteiger partial charge on any atom is 0.0555 e. The number of benzene rings is 2. The molecule has 0 spiro atoms. The van der Waals surface area contributed by atoms with Gasteiger partial charge in [0.05, 0.1) is 6.61 Å². The highest BCUT2D eigenvalue weighted by Gasteiger charge is 2.11. The van der Waals surface area contributed by atoms with E-state index in [1.807, 2.05) is 0 Å². The van der Waals surface area contributed by atoms with Crippen LogP contribution in [0.2, 0.25) is 0 Å². The third-order valence-electron chi connectivity index (χ3n) is 3.55. The lowest BCUT2D eigenvalue weighted by Crippen LogP contribution is -2.21. The quantitative estimate of drug-likeness (QED) is 0.722. The monoisotopic (exact) mass is 269 g/mol. The molecule has 0 radical (unpaired) electrons. The molecule has 2 rings (SSSR count). The maximum absolute atomic E-state index is 8.82. The van der Waals surface area contributed by atoms with E-state index in [4.69, 9.17) is 5.11 Å². The van der Waals surface area contributed by atoms with Crippen molar-refractivity contribution in [2.24, 2.45) is 0 Å². The van der Waals surface area contributed by atoms with Gasteiger partial charge < -0.3 is 10.4 Å². The second kappa shape index (κ2) is 8.51. The molecule has 0 aliphatic rings. The Bertz CT molecular complexity index is 469. The summed E-state index contributed by atoms with van der Waals surface area (Å²) >= 11 is 0. The Hall–Kier alpha value is -1.64. The lowest BCUT2D eigenvalue weighted by molar-refractivity contribution is 0.291. The van der Waals surface area contributed by atoms with Crippen molar-refractivity contribution in [3.63, 3.8) is 0 Å². The lowest BCUT2D eigenvalue weighted by Gasteiger charge is -2.18. The minimum absolute atomic E-state index is 0.203. The Morgan fingerprint density at radius 3 is 2.15 bits per heavy atom. The van der Waals surface area contributed by atoms with Crippen LogP contribution in [0.1, 0.15) is 23.5 Å². The Kier molecular flexibility index (Phi) is 6.28. The molecule has 20 heavy (non-hydrogen) atoms. The average Bonchev–Trinajstić information content (AvgIpc) is 2.52. The van der Waals surface area contributed by atoms with Gasteiger partial charge in [-0.15, -0.1) is 0 Å². The zero-order valence-electron chi connectivity index (χ0n) is 11.8. The molecule has 0 fully saturated rings. The highest BCUT2D eigenvalue weighted by Crippen LogP contribution is 2.23. The standard InChI is InChI=1S/C18H23NO/c20-14-13-19-12-11-18(17-9-5-2-6-10-17)15-16-7-3-1-4-8-16/h1-10,18-20H,11-15H2/t18-/m0/s1. The molecule has 2 nitrogen and oxygen atoms in total. The van der Waals surface area contributed by atoms with Crippen molar-refractivity contribution in [2.75, 3.05) is 19.7 Å². The van der Waals surface area contributed by atoms with Crippen LogP contribution in [0.3, 0.4) is 0 Å². The normalized spacial score (nSPS) is 12.2. The molecule has 2 heteroatoms. The van der Waals surface area contributed by atoms with E-state index in [-0.39, 0.29) is 6.61 Å².